The first-order chi connectivity index (χ1) is 12.6. The first-order valence-corrected chi connectivity index (χ1v) is 9.11. The van der Waals surface area contributed by atoms with E-state index in [-0.39, 0.29) is 17.8 Å². The summed E-state index contributed by atoms with van der Waals surface area (Å²) < 4.78 is 4.69. The topological polar surface area (TPSA) is 91.8 Å². The summed E-state index contributed by atoms with van der Waals surface area (Å²) in [6, 6.07) is 7.35. The fourth-order valence-electron chi connectivity index (χ4n) is 2.42. The molecule has 142 valence electrons. The minimum Gasteiger partial charge on any atom is -0.465 e. The average molecular weight is 360 g/mol. The Balaban J connectivity index is 1.72. The van der Waals surface area contributed by atoms with Gasteiger partial charge in [-0.1, -0.05) is 12.1 Å². The lowest BCUT2D eigenvalue weighted by Crippen LogP contribution is -2.41. The van der Waals surface area contributed by atoms with Crippen molar-refractivity contribution in [3.05, 3.63) is 35.4 Å². The Morgan fingerprint density at radius 2 is 1.81 bits per heavy atom. The van der Waals surface area contributed by atoms with Crippen molar-refractivity contribution in [1.29, 1.82) is 0 Å². The van der Waals surface area contributed by atoms with Crippen LogP contribution in [0.15, 0.2) is 29.3 Å². The molecule has 1 aromatic carbocycles. The monoisotopic (exact) mass is 360 g/mol. The predicted octanol–water partition coefficient (Wildman–Crippen LogP) is 1.10. The van der Waals surface area contributed by atoms with Crippen molar-refractivity contribution in [3.63, 3.8) is 0 Å². The van der Waals surface area contributed by atoms with Gasteiger partial charge in [0, 0.05) is 32.1 Å². The van der Waals surface area contributed by atoms with Gasteiger partial charge in [-0.2, -0.15) is 0 Å². The highest BCUT2D eigenvalue weighted by Gasteiger charge is 2.28. The lowest BCUT2D eigenvalue weighted by atomic mass is 10.1. The number of hydrogen-bond donors (Lipinski definition) is 3. The lowest BCUT2D eigenvalue weighted by molar-refractivity contribution is -0.122. The zero-order valence-electron chi connectivity index (χ0n) is 15.5. The third-order valence-corrected chi connectivity index (χ3v) is 4.05. The molecule has 0 heterocycles. The molecule has 1 saturated carbocycles. The molecular weight excluding hydrogens is 332 g/mol. The van der Waals surface area contributed by atoms with Crippen LogP contribution in [-0.2, 0) is 16.0 Å². The number of methoxy groups -OCH3 is 1. The third-order valence-electron chi connectivity index (χ3n) is 4.05. The van der Waals surface area contributed by atoms with E-state index < -0.39 is 0 Å². The number of guanidine groups is 1. The summed E-state index contributed by atoms with van der Waals surface area (Å²) >= 11 is 0. The first-order valence-electron chi connectivity index (χ1n) is 9.11. The SMILES string of the molecule is CCNC(=NCCc1ccc(C(=O)OC)cc1)NCCNC(=O)C1CC1. The summed E-state index contributed by atoms with van der Waals surface area (Å²) in [4.78, 5) is 27.5. The molecule has 1 aliphatic rings. The number of esters is 1. The molecule has 0 bridgehead atoms. The number of rotatable bonds is 9. The molecule has 3 N–H and O–H groups in total. The van der Waals surface area contributed by atoms with E-state index in [0.717, 1.165) is 37.3 Å². The molecule has 0 atom stereocenters. The molecule has 26 heavy (non-hydrogen) atoms. The molecule has 1 fully saturated rings. The normalized spacial score (nSPS) is 13.8. The van der Waals surface area contributed by atoms with E-state index in [0.29, 0.717) is 25.2 Å². The van der Waals surface area contributed by atoms with E-state index in [1.807, 2.05) is 19.1 Å². The van der Waals surface area contributed by atoms with E-state index in [1.54, 1.807) is 12.1 Å². The summed E-state index contributed by atoms with van der Waals surface area (Å²) in [6.45, 7) is 4.64. The standard InChI is InChI=1S/C19H28N4O3/c1-3-20-19(23-13-12-21-17(24)15-8-9-15)22-11-10-14-4-6-16(7-5-14)18(25)26-2/h4-7,15H,3,8-13H2,1-2H3,(H,21,24)(H2,20,22,23). The number of carbonyl (C=O) groups excluding carboxylic acids is 2. The van der Waals surface area contributed by atoms with Crippen LogP contribution >= 0.6 is 0 Å². The van der Waals surface area contributed by atoms with E-state index in [4.69, 9.17) is 4.74 Å². The number of hydrogen-bond acceptors (Lipinski definition) is 4. The minimum absolute atomic E-state index is 0.157. The molecule has 0 aromatic heterocycles. The van der Waals surface area contributed by atoms with Gasteiger partial charge in [-0.3, -0.25) is 9.79 Å². The van der Waals surface area contributed by atoms with Crippen LogP contribution in [0.3, 0.4) is 0 Å². The summed E-state index contributed by atoms with van der Waals surface area (Å²) in [5.41, 5.74) is 1.65. The van der Waals surface area contributed by atoms with Crippen LogP contribution in [0, 0.1) is 5.92 Å². The molecule has 0 unspecified atom stereocenters. The van der Waals surface area contributed by atoms with Crippen LogP contribution in [0.1, 0.15) is 35.7 Å². The number of ether oxygens (including phenoxy) is 1. The van der Waals surface area contributed by atoms with Crippen LogP contribution in [0.5, 0.6) is 0 Å². The molecule has 0 aliphatic heterocycles. The summed E-state index contributed by atoms with van der Waals surface area (Å²) in [5.74, 6) is 0.799. The van der Waals surface area contributed by atoms with Gasteiger partial charge in [0.25, 0.3) is 0 Å². The largest absolute Gasteiger partial charge is 0.465 e. The van der Waals surface area contributed by atoms with Crippen molar-refractivity contribution in [2.75, 3.05) is 33.3 Å². The molecule has 1 aliphatic carbocycles. The summed E-state index contributed by atoms with van der Waals surface area (Å²) in [6.07, 6.45) is 2.81. The molecule has 0 spiro atoms. The van der Waals surface area contributed by atoms with E-state index >= 15 is 0 Å². The molecule has 7 nitrogen and oxygen atoms in total. The highest BCUT2D eigenvalue weighted by Crippen LogP contribution is 2.28. The fourth-order valence-corrected chi connectivity index (χ4v) is 2.42. The summed E-state index contributed by atoms with van der Waals surface area (Å²) in [7, 11) is 1.37. The maximum Gasteiger partial charge on any atom is 0.337 e. The second-order valence-electron chi connectivity index (χ2n) is 6.19. The Morgan fingerprint density at radius 1 is 1.12 bits per heavy atom. The number of carbonyl (C=O) groups is 2. The lowest BCUT2D eigenvalue weighted by Gasteiger charge is -2.12. The highest BCUT2D eigenvalue weighted by molar-refractivity contribution is 5.89. The van der Waals surface area contributed by atoms with Gasteiger partial charge in [0.1, 0.15) is 0 Å². The van der Waals surface area contributed by atoms with Gasteiger partial charge in [-0.15, -0.1) is 0 Å². The van der Waals surface area contributed by atoms with Crippen molar-refractivity contribution in [3.8, 4) is 0 Å². The maximum atomic E-state index is 11.6. The maximum absolute atomic E-state index is 11.6. The quantitative estimate of drug-likeness (QED) is 0.265. The van der Waals surface area contributed by atoms with Gasteiger partial charge in [-0.05, 0) is 43.9 Å². The van der Waals surface area contributed by atoms with Crippen molar-refractivity contribution in [2.24, 2.45) is 10.9 Å². The molecule has 1 aromatic rings. The number of amides is 1. The average Bonchev–Trinajstić information content (AvgIpc) is 3.50. The van der Waals surface area contributed by atoms with Crippen molar-refractivity contribution < 1.29 is 14.3 Å². The number of benzene rings is 1. The van der Waals surface area contributed by atoms with Crippen LogP contribution in [-0.4, -0.2) is 51.1 Å². The Hall–Kier alpha value is -2.57. The van der Waals surface area contributed by atoms with Crippen LogP contribution < -0.4 is 16.0 Å². The summed E-state index contributed by atoms with van der Waals surface area (Å²) in [5, 5.41) is 9.33. The van der Waals surface area contributed by atoms with Gasteiger partial charge in [-0.25, -0.2) is 4.79 Å². The fraction of sp³-hybridized carbons (Fsp3) is 0.526. The number of nitrogens with one attached hydrogen (secondary N) is 3. The smallest absolute Gasteiger partial charge is 0.337 e. The number of aliphatic imine (C=N–C) groups is 1. The number of nitrogens with zero attached hydrogens (tertiary/aromatic N) is 1. The zero-order valence-corrected chi connectivity index (χ0v) is 15.5. The van der Waals surface area contributed by atoms with Gasteiger partial charge in [0.05, 0.1) is 12.7 Å². The molecular formula is C19H28N4O3. The Morgan fingerprint density at radius 3 is 2.42 bits per heavy atom. The van der Waals surface area contributed by atoms with Gasteiger partial charge in [0.2, 0.25) is 5.91 Å². The van der Waals surface area contributed by atoms with Crippen molar-refractivity contribution in [1.82, 2.24) is 16.0 Å². The molecule has 0 radical (unpaired) electrons. The van der Waals surface area contributed by atoms with E-state index in [1.165, 1.54) is 7.11 Å². The van der Waals surface area contributed by atoms with Gasteiger partial charge < -0.3 is 20.7 Å². The molecule has 2 rings (SSSR count). The van der Waals surface area contributed by atoms with Crippen LogP contribution in [0.4, 0.5) is 0 Å². The highest BCUT2D eigenvalue weighted by atomic mass is 16.5. The molecule has 0 saturated heterocycles. The second kappa shape index (κ2) is 10.4. The Labute approximate surface area is 154 Å². The zero-order chi connectivity index (χ0) is 18.8. The molecule has 1 amide bonds. The van der Waals surface area contributed by atoms with Crippen LogP contribution in [0.2, 0.25) is 0 Å². The van der Waals surface area contributed by atoms with Crippen molar-refractivity contribution in [2.45, 2.75) is 26.2 Å². The van der Waals surface area contributed by atoms with Crippen molar-refractivity contribution >= 4 is 17.8 Å². The third kappa shape index (κ3) is 6.74. The van der Waals surface area contributed by atoms with Crippen LogP contribution in [0.25, 0.3) is 0 Å². The molecule has 7 heteroatoms. The predicted molar refractivity (Wildman–Crippen MR) is 101 cm³/mol. The van der Waals surface area contributed by atoms with Gasteiger partial charge >= 0.3 is 5.97 Å². The van der Waals surface area contributed by atoms with E-state index in [9.17, 15) is 9.59 Å². The van der Waals surface area contributed by atoms with Gasteiger partial charge in [0.15, 0.2) is 5.96 Å². The Bertz CT molecular complexity index is 624. The minimum atomic E-state index is -0.332. The second-order valence-corrected chi connectivity index (χ2v) is 6.19. The first kappa shape index (κ1) is 19.8. The Kier molecular flexibility index (Phi) is 7.92. The van der Waals surface area contributed by atoms with E-state index in [2.05, 4.69) is 20.9 Å².